The third-order valence-electron chi connectivity index (χ3n) is 15.5. The molecule has 0 bridgehead atoms. The Bertz CT molecular complexity index is 1370. The zero-order valence-electron chi connectivity index (χ0n) is 28.2. The van der Waals surface area contributed by atoms with Crippen LogP contribution < -0.4 is 11.1 Å². The summed E-state index contributed by atoms with van der Waals surface area (Å²) >= 11 is 0. The monoisotopic (exact) mass is 615 g/mol. The topological polar surface area (TPSA) is 87.8 Å². The molecule has 4 N–H and O–H groups in total. The van der Waals surface area contributed by atoms with Crippen LogP contribution in [0.5, 0.6) is 0 Å². The van der Waals surface area contributed by atoms with Gasteiger partial charge in [-0.1, -0.05) is 69.7 Å². The largest absolute Gasteiger partial charge is 0.393 e. The van der Waals surface area contributed by atoms with Crippen molar-refractivity contribution in [3.05, 3.63) is 47.5 Å². The van der Waals surface area contributed by atoms with Gasteiger partial charge < -0.3 is 20.9 Å². The smallest absolute Gasteiger partial charge is 0.220 e. The maximum atomic E-state index is 12.7. The van der Waals surface area contributed by atoms with Gasteiger partial charge in [0.1, 0.15) is 0 Å². The van der Waals surface area contributed by atoms with E-state index < -0.39 is 0 Å². The Morgan fingerprint density at radius 2 is 1.91 bits per heavy atom. The van der Waals surface area contributed by atoms with Gasteiger partial charge >= 0.3 is 0 Å². The third-order valence-corrected chi connectivity index (χ3v) is 15.5. The van der Waals surface area contributed by atoms with Gasteiger partial charge in [0.25, 0.3) is 0 Å². The molecule has 2 heterocycles. The summed E-state index contributed by atoms with van der Waals surface area (Å²) in [5, 5.41) is 13.8. The molecule has 12 atom stereocenters. The number of hydrogen-bond donors (Lipinski definition) is 3. The van der Waals surface area contributed by atoms with Crippen LogP contribution in [0, 0.1) is 39.9 Å². The van der Waals surface area contributed by atoms with Gasteiger partial charge in [0.2, 0.25) is 5.91 Å². The van der Waals surface area contributed by atoms with E-state index in [2.05, 4.69) is 56.1 Å². The molecule has 2 unspecified atom stereocenters. The zero-order chi connectivity index (χ0) is 31.4. The minimum Gasteiger partial charge on any atom is -0.393 e. The molecule has 6 fully saturated rings. The van der Waals surface area contributed by atoms with Crippen molar-refractivity contribution in [2.75, 3.05) is 19.6 Å². The molecule has 0 radical (unpaired) electrons. The molecule has 1 aromatic rings. The van der Waals surface area contributed by atoms with E-state index >= 15 is 0 Å². The highest BCUT2D eigenvalue weighted by Crippen LogP contribution is 2.87. The van der Waals surface area contributed by atoms with Crippen LogP contribution in [0.3, 0.4) is 0 Å². The molecule has 4 saturated carbocycles. The highest BCUT2D eigenvalue weighted by atomic mass is 16.5. The van der Waals surface area contributed by atoms with Gasteiger partial charge in [-0.3, -0.25) is 9.69 Å². The number of allylic oxidation sites excluding steroid dienone is 1. The average Bonchev–Trinajstić information content (AvgIpc) is 3.40. The first-order chi connectivity index (χ1) is 21.5. The van der Waals surface area contributed by atoms with Crippen LogP contribution >= 0.6 is 0 Å². The van der Waals surface area contributed by atoms with Crippen molar-refractivity contribution < 1.29 is 14.6 Å². The summed E-state index contributed by atoms with van der Waals surface area (Å²) in [5.74, 6) is 2.42. The standard InChI is InChI=1S/C39H57N3O3/c1-25-20-32-34(42(22-25)19-18-41-33(44)13-10-27-8-6-5-7-9-27)26(2)39(45-32)17-15-30-31-12-11-28-21-29(43)14-16-35(28,3)38(31,40)24-37(30)23-36(37,39)4/h5-9,11,25-26,29-32,34,43H,10,12-24,40H2,1-4H3,(H,41,44)/t25-,26+,29-,30-,31-,32+,34-,35-,36?,37?,38+,39+/m0/s1. The van der Waals surface area contributed by atoms with Crippen LogP contribution in [-0.2, 0) is 16.0 Å². The van der Waals surface area contributed by atoms with E-state index in [1.807, 2.05) is 18.2 Å². The average molecular weight is 616 g/mol. The second-order valence-corrected chi connectivity index (χ2v) is 17.3. The second kappa shape index (κ2) is 10.4. The number of benzene rings is 1. The predicted molar refractivity (Wildman–Crippen MR) is 177 cm³/mol. The summed E-state index contributed by atoms with van der Waals surface area (Å²) in [6.45, 7) is 12.6. The number of piperidine rings is 1. The number of aliphatic hydroxyl groups is 1. The molecule has 2 saturated heterocycles. The summed E-state index contributed by atoms with van der Waals surface area (Å²) in [7, 11) is 0. The van der Waals surface area contributed by atoms with Gasteiger partial charge in [-0.15, -0.1) is 0 Å². The molecule has 6 heteroatoms. The van der Waals surface area contributed by atoms with Crippen molar-refractivity contribution in [2.45, 2.75) is 128 Å². The van der Waals surface area contributed by atoms with E-state index in [1.54, 1.807) is 0 Å². The summed E-state index contributed by atoms with van der Waals surface area (Å²) < 4.78 is 7.50. The number of hydrogen-bond acceptors (Lipinski definition) is 5. The first-order valence-electron chi connectivity index (χ1n) is 18.4. The summed E-state index contributed by atoms with van der Waals surface area (Å²) in [4.78, 5) is 15.4. The second-order valence-electron chi connectivity index (χ2n) is 17.3. The van der Waals surface area contributed by atoms with E-state index in [0.29, 0.717) is 42.7 Å². The first kappa shape index (κ1) is 30.6. The number of carbonyl (C=O) groups excluding carboxylic acids is 1. The SMILES string of the molecule is C[C@H]1C[C@H]2O[C@]3(CC[C@H]4[C@@H]5CC=C6C[C@@H](O)CC[C@]6(C)[C@@]5(N)CC45CC53C)[C@H](C)[C@@H]2N(CCNC(=O)CCc2ccccc2)C1. The highest BCUT2D eigenvalue weighted by molar-refractivity contribution is 5.76. The molecule has 0 aromatic heterocycles. The number of amides is 1. The Kier molecular flexibility index (Phi) is 7.06. The number of nitrogens with one attached hydrogen (secondary N) is 1. The van der Waals surface area contributed by atoms with E-state index in [9.17, 15) is 9.90 Å². The zero-order valence-corrected chi connectivity index (χ0v) is 28.2. The quantitative estimate of drug-likeness (QED) is 0.362. The number of carbonyl (C=O) groups is 1. The van der Waals surface area contributed by atoms with Crippen LogP contribution in [0.1, 0.15) is 97.5 Å². The molecule has 2 spiro atoms. The highest BCUT2D eigenvalue weighted by Gasteiger charge is 2.86. The number of ether oxygens (including phenoxy) is 1. The Labute approximate surface area is 270 Å². The minimum absolute atomic E-state index is 0.00575. The van der Waals surface area contributed by atoms with Crippen LogP contribution in [-0.4, -0.2) is 64.9 Å². The van der Waals surface area contributed by atoms with Crippen LogP contribution in [0.4, 0.5) is 0 Å². The molecule has 1 aromatic carbocycles. The van der Waals surface area contributed by atoms with Crippen LogP contribution in [0.15, 0.2) is 42.0 Å². The summed E-state index contributed by atoms with van der Waals surface area (Å²) in [6, 6.07) is 10.7. The lowest BCUT2D eigenvalue weighted by molar-refractivity contribution is -0.148. The van der Waals surface area contributed by atoms with Gasteiger partial charge in [0.05, 0.1) is 17.8 Å². The van der Waals surface area contributed by atoms with Crippen molar-refractivity contribution >= 4 is 5.91 Å². The number of aryl methyl sites for hydroxylation is 1. The number of fused-ring (bicyclic) bond motifs is 6. The molecule has 45 heavy (non-hydrogen) atoms. The lowest BCUT2D eigenvalue weighted by Gasteiger charge is -2.55. The fraction of sp³-hybridized carbons (Fsp3) is 0.769. The Hall–Kier alpha value is -1.73. The lowest BCUT2D eigenvalue weighted by Crippen LogP contribution is -2.61. The van der Waals surface area contributed by atoms with Crippen molar-refractivity contribution in [1.29, 1.82) is 0 Å². The van der Waals surface area contributed by atoms with Crippen molar-refractivity contribution in [2.24, 2.45) is 45.7 Å². The lowest BCUT2D eigenvalue weighted by atomic mass is 9.52. The van der Waals surface area contributed by atoms with Crippen LogP contribution in [0.2, 0.25) is 0 Å². The predicted octanol–water partition coefficient (Wildman–Crippen LogP) is 5.62. The van der Waals surface area contributed by atoms with E-state index in [-0.39, 0.29) is 45.5 Å². The number of likely N-dealkylation sites (tertiary alicyclic amines) is 1. The molecular weight excluding hydrogens is 558 g/mol. The fourth-order valence-corrected chi connectivity index (χ4v) is 13.2. The van der Waals surface area contributed by atoms with Gasteiger partial charge in [-0.2, -0.15) is 0 Å². The Balaban J connectivity index is 0.983. The fourth-order valence-electron chi connectivity index (χ4n) is 13.2. The van der Waals surface area contributed by atoms with E-state index in [4.69, 9.17) is 10.5 Å². The minimum atomic E-state index is -0.204. The normalized spacial score (nSPS) is 49.7. The van der Waals surface area contributed by atoms with E-state index in [1.165, 1.54) is 24.0 Å². The molecule has 6 nitrogen and oxygen atoms in total. The number of rotatable bonds is 6. The number of nitrogens with zero attached hydrogens (tertiary/aromatic N) is 1. The Morgan fingerprint density at radius 1 is 1.11 bits per heavy atom. The number of aliphatic hydroxyl groups excluding tert-OH is 1. The molecule has 8 rings (SSSR count). The molecule has 7 aliphatic rings. The van der Waals surface area contributed by atoms with Gasteiger partial charge in [0.15, 0.2) is 0 Å². The maximum absolute atomic E-state index is 12.7. The van der Waals surface area contributed by atoms with Gasteiger partial charge in [-0.25, -0.2) is 0 Å². The first-order valence-corrected chi connectivity index (χ1v) is 18.4. The van der Waals surface area contributed by atoms with Crippen LogP contribution in [0.25, 0.3) is 0 Å². The molecule has 2 aliphatic heterocycles. The molecule has 5 aliphatic carbocycles. The molecule has 1 amide bonds. The Morgan fingerprint density at radius 3 is 2.71 bits per heavy atom. The van der Waals surface area contributed by atoms with E-state index in [0.717, 1.165) is 64.5 Å². The molecule has 246 valence electrons. The maximum Gasteiger partial charge on any atom is 0.220 e. The summed E-state index contributed by atoms with van der Waals surface area (Å²) in [5.41, 5.74) is 10.6. The van der Waals surface area contributed by atoms with Crippen molar-refractivity contribution in [3.8, 4) is 0 Å². The van der Waals surface area contributed by atoms with Gasteiger partial charge in [-0.05, 0) is 92.9 Å². The number of nitrogens with two attached hydrogens (primary N) is 1. The third kappa shape index (κ3) is 4.17. The van der Waals surface area contributed by atoms with Crippen molar-refractivity contribution in [3.63, 3.8) is 0 Å². The molecular formula is C39H57N3O3. The van der Waals surface area contributed by atoms with Gasteiger partial charge in [0, 0.05) is 54.4 Å². The van der Waals surface area contributed by atoms with Crippen molar-refractivity contribution in [1.82, 2.24) is 10.2 Å². The summed E-state index contributed by atoms with van der Waals surface area (Å²) in [6.07, 6.45) is 13.6.